The summed E-state index contributed by atoms with van der Waals surface area (Å²) >= 11 is 17.8. The van der Waals surface area contributed by atoms with Crippen molar-refractivity contribution in [2.75, 3.05) is 4.72 Å². The van der Waals surface area contributed by atoms with E-state index in [0.717, 1.165) is 0 Å². The van der Waals surface area contributed by atoms with Gasteiger partial charge in [-0.1, -0.05) is 53.0 Å². The SMILES string of the molecule is O=S(=O)(Nc1nn(Cc2ccccc2F)cc1Cl)c1cc(Cl)ccc1Cl. The highest BCUT2D eigenvalue weighted by Crippen LogP contribution is 2.28. The van der Waals surface area contributed by atoms with Crippen LogP contribution in [0.2, 0.25) is 15.1 Å². The molecule has 3 aromatic rings. The highest BCUT2D eigenvalue weighted by Gasteiger charge is 2.21. The van der Waals surface area contributed by atoms with Gasteiger partial charge in [0, 0.05) is 16.8 Å². The Bertz CT molecular complexity index is 1070. The summed E-state index contributed by atoms with van der Waals surface area (Å²) in [6.45, 7) is 0.0893. The molecule has 0 unspecified atom stereocenters. The maximum atomic E-state index is 13.7. The first kappa shape index (κ1) is 19.0. The van der Waals surface area contributed by atoms with Crippen molar-refractivity contribution in [3.05, 3.63) is 75.1 Å². The summed E-state index contributed by atoms with van der Waals surface area (Å²) in [5, 5.41) is 4.34. The van der Waals surface area contributed by atoms with E-state index in [9.17, 15) is 12.8 Å². The maximum absolute atomic E-state index is 13.7. The first-order valence-corrected chi connectivity index (χ1v) is 9.82. The van der Waals surface area contributed by atoms with Crippen molar-refractivity contribution < 1.29 is 12.8 Å². The highest BCUT2D eigenvalue weighted by atomic mass is 35.5. The molecule has 26 heavy (non-hydrogen) atoms. The third-order valence-corrected chi connectivity index (χ3v) is 5.75. The summed E-state index contributed by atoms with van der Waals surface area (Å²) in [6.07, 6.45) is 1.39. The van der Waals surface area contributed by atoms with E-state index in [4.69, 9.17) is 34.8 Å². The van der Waals surface area contributed by atoms with Crippen LogP contribution < -0.4 is 4.72 Å². The molecule has 0 aliphatic carbocycles. The number of anilines is 1. The van der Waals surface area contributed by atoms with E-state index >= 15 is 0 Å². The third kappa shape index (κ3) is 4.12. The monoisotopic (exact) mass is 433 g/mol. The van der Waals surface area contributed by atoms with Crippen LogP contribution in [0.25, 0.3) is 0 Å². The lowest BCUT2D eigenvalue weighted by atomic mass is 10.2. The third-order valence-electron chi connectivity index (χ3n) is 3.42. The Labute approximate surface area is 164 Å². The number of nitrogens with zero attached hydrogens (tertiary/aromatic N) is 2. The molecule has 1 heterocycles. The van der Waals surface area contributed by atoms with Gasteiger partial charge < -0.3 is 0 Å². The average molecular weight is 435 g/mol. The van der Waals surface area contributed by atoms with Crippen LogP contribution in [-0.4, -0.2) is 18.2 Å². The molecule has 0 bridgehead atoms. The number of hydrogen-bond donors (Lipinski definition) is 1. The Hall–Kier alpha value is -1.80. The van der Waals surface area contributed by atoms with Gasteiger partial charge in [-0.15, -0.1) is 0 Å². The lowest BCUT2D eigenvalue weighted by molar-refractivity contribution is 0.585. The summed E-state index contributed by atoms with van der Waals surface area (Å²) in [5.41, 5.74) is 0.388. The summed E-state index contributed by atoms with van der Waals surface area (Å²) in [4.78, 5) is -0.202. The number of halogens is 4. The predicted molar refractivity (Wildman–Crippen MR) is 100 cm³/mol. The zero-order chi connectivity index (χ0) is 18.9. The van der Waals surface area contributed by atoms with Crippen LogP contribution in [0.15, 0.2) is 53.6 Å². The van der Waals surface area contributed by atoms with Gasteiger partial charge in [-0.2, -0.15) is 5.10 Å². The topological polar surface area (TPSA) is 64.0 Å². The summed E-state index contributed by atoms with van der Waals surface area (Å²) < 4.78 is 42.4. The molecule has 0 saturated heterocycles. The summed E-state index contributed by atoms with van der Waals surface area (Å²) in [6, 6.07) is 10.2. The Balaban J connectivity index is 1.88. The van der Waals surface area contributed by atoms with Gasteiger partial charge in [0.1, 0.15) is 15.7 Å². The molecule has 0 spiro atoms. The van der Waals surface area contributed by atoms with Crippen LogP contribution in [0.1, 0.15) is 5.56 Å². The fourth-order valence-electron chi connectivity index (χ4n) is 2.21. The largest absolute Gasteiger partial charge is 0.265 e. The van der Waals surface area contributed by atoms with Crippen LogP contribution in [0.3, 0.4) is 0 Å². The van der Waals surface area contributed by atoms with E-state index in [1.54, 1.807) is 18.2 Å². The van der Waals surface area contributed by atoms with E-state index in [2.05, 4.69) is 9.82 Å². The van der Waals surface area contributed by atoms with Crippen LogP contribution in [0.5, 0.6) is 0 Å². The van der Waals surface area contributed by atoms with Gasteiger partial charge in [0.05, 0.1) is 11.6 Å². The Morgan fingerprint density at radius 3 is 2.54 bits per heavy atom. The molecule has 2 aromatic carbocycles. The number of sulfonamides is 1. The predicted octanol–water partition coefficient (Wildman–Crippen LogP) is 4.83. The Morgan fingerprint density at radius 1 is 1.08 bits per heavy atom. The fourth-order valence-corrected chi connectivity index (χ4v) is 4.25. The van der Waals surface area contributed by atoms with Crippen LogP contribution in [0.4, 0.5) is 10.2 Å². The Kier molecular flexibility index (Phi) is 5.43. The molecule has 0 atom stereocenters. The van der Waals surface area contributed by atoms with Crippen molar-refractivity contribution >= 4 is 50.6 Å². The first-order valence-electron chi connectivity index (χ1n) is 7.20. The molecule has 136 valence electrons. The molecule has 1 aromatic heterocycles. The molecule has 0 saturated carbocycles. The second-order valence-electron chi connectivity index (χ2n) is 5.29. The molecule has 0 radical (unpaired) electrons. The van der Waals surface area contributed by atoms with Crippen LogP contribution >= 0.6 is 34.8 Å². The summed E-state index contributed by atoms with van der Waals surface area (Å²) in [7, 11) is -4.06. The highest BCUT2D eigenvalue weighted by molar-refractivity contribution is 7.92. The second kappa shape index (κ2) is 7.44. The molecule has 5 nitrogen and oxygen atoms in total. The minimum absolute atomic E-state index is 0.00353. The van der Waals surface area contributed by atoms with Crippen LogP contribution in [0, 0.1) is 5.82 Å². The number of hydrogen-bond acceptors (Lipinski definition) is 3. The zero-order valence-corrected chi connectivity index (χ0v) is 16.0. The van der Waals surface area contributed by atoms with Gasteiger partial charge in [-0.05, 0) is 24.3 Å². The fraction of sp³-hybridized carbons (Fsp3) is 0.0625. The normalized spacial score (nSPS) is 11.5. The molecule has 3 rings (SSSR count). The molecule has 10 heteroatoms. The van der Waals surface area contributed by atoms with Crippen molar-refractivity contribution in [1.82, 2.24) is 9.78 Å². The smallest absolute Gasteiger partial charge is 0.264 e. The number of aromatic nitrogens is 2. The van der Waals surface area contributed by atoms with Gasteiger partial charge in [0.25, 0.3) is 10.0 Å². The number of benzene rings is 2. The minimum Gasteiger partial charge on any atom is -0.265 e. The zero-order valence-electron chi connectivity index (χ0n) is 13.0. The molecular weight excluding hydrogens is 424 g/mol. The molecule has 0 amide bonds. The minimum atomic E-state index is -4.06. The van der Waals surface area contributed by atoms with Crippen LogP contribution in [-0.2, 0) is 16.6 Å². The van der Waals surface area contributed by atoms with E-state index in [1.807, 2.05) is 0 Å². The second-order valence-corrected chi connectivity index (χ2v) is 8.20. The van der Waals surface area contributed by atoms with E-state index in [1.165, 1.54) is 35.1 Å². The number of rotatable bonds is 5. The molecule has 0 aliphatic rings. The van der Waals surface area contributed by atoms with E-state index in [0.29, 0.717) is 5.56 Å². The summed E-state index contributed by atoms with van der Waals surface area (Å²) in [5.74, 6) is -0.494. The van der Waals surface area contributed by atoms with Crippen molar-refractivity contribution in [3.63, 3.8) is 0 Å². The quantitative estimate of drug-likeness (QED) is 0.625. The Morgan fingerprint density at radius 2 is 1.81 bits per heavy atom. The van der Waals surface area contributed by atoms with Gasteiger partial charge >= 0.3 is 0 Å². The van der Waals surface area contributed by atoms with Crippen molar-refractivity contribution in [1.29, 1.82) is 0 Å². The lowest BCUT2D eigenvalue weighted by Crippen LogP contribution is -2.14. The van der Waals surface area contributed by atoms with Gasteiger partial charge in [0.15, 0.2) is 5.82 Å². The van der Waals surface area contributed by atoms with Crippen molar-refractivity contribution in [2.45, 2.75) is 11.4 Å². The van der Waals surface area contributed by atoms with Gasteiger partial charge in [0.2, 0.25) is 0 Å². The number of nitrogens with one attached hydrogen (secondary N) is 1. The molecule has 1 N–H and O–H groups in total. The standard InChI is InChI=1S/C16H11Cl3FN3O2S/c17-11-5-6-12(18)15(7-11)26(24,25)22-16-13(19)9-23(21-16)8-10-3-1-2-4-14(10)20/h1-7,9H,8H2,(H,21,22). The van der Waals surface area contributed by atoms with Gasteiger partial charge in [-0.25, -0.2) is 12.8 Å². The van der Waals surface area contributed by atoms with Crippen molar-refractivity contribution in [3.8, 4) is 0 Å². The van der Waals surface area contributed by atoms with Gasteiger partial charge in [-0.3, -0.25) is 9.40 Å². The lowest BCUT2D eigenvalue weighted by Gasteiger charge is -2.08. The maximum Gasteiger partial charge on any atom is 0.264 e. The molecular formula is C16H11Cl3FN3O2S. The van der Waals surface area contributed by atoms with E-state index in [-0.39, 0.29) is 32.3 Å². The molecule has 0 fully saturated rings. The van der Waals surface area contributed by atoms with Crippen molar-refractivity contribution in [2.24, 2.45) is 0 Å². The molecule has 0 aliphatic heterocycles. The first-order chi connectivity index (χ1) is 12.3. The average Bonchev–Trinajstić information content (AvgIpc) is 2.90. The van der Waals surface area contributed by atoms with E-state index < -0.39 is 15.8 Å².